The van der Waals surface area contributed by atoms with Gasteiger partial charge in [0.2, 0.25) is 0 Å². The summed E-state index contributed by atoms with van der Waals surface area (Å²) >= 11 is 3.36. The fraction of sp³-hybridized carbons (Fsp3) is 0.389. The molecule has 2 aromatic heterocycles. The number of aryl methyl sites for hydroxylation is 5. The molecule has 0 aliphatic rings. The van der Waals surface area contributed by atoms with Crippen LogP contribution >= 0.6 is 23.1 Å². The van der Waals surface area contributed by atoms with E-state index in [-0.39, 0.29) is 5.91 Å². The third kappa shape index (κ3) is 3.57. The first-order valence-corrected chi connectivity index (χ1v) is 10.3. The second-order valence-corrected chi connectivity index (χ2v) is 8.13. The van der Waals surface area contributed by atoms with Gasteiger partial charge in [0.25, 0.3) is 5.91 Å². The van der Waals surface area contributed by atoms with Gasteiger partial charge >= 0.3 is 0 Å². The summed E-state index contributed by atoms with van der Waals surface area (Å²) < 4.78 is 5.04. The van der Waals surface area contributed by atoms with Crippen LogP contribution in [-0.2, 0) is 13.6 Å². The smallest absolute Gasteiger partial charge is 0.300 e. The predicted octanol–water partition coefficient (Wildman–Crippen LogP) is 3.47. The van der Waals surface area contributed by atoms with Gasteiger partial charge in [-0.05, 0) is 50.3 Å². The largest absolute Gasteiger partial charge is 0.315 e. The molecule has 1 aromatic carbocycles. The quantitative estimate of drug-likeness (QED) is 0.703. The average Bonchev–Trinajstić information content (AvgIpc) is 3.06. The van der Waals surface area contributed by atoms with E-state index in [1.807, 2.05) is 14.0 Å². The van der Waals surface area contributed by atoms with E-state index in [0.29, 0.717) is 5.69 Å². The zero-order valence-corrected chi connectivity index (χ0v) is 16.8. The van der Waals surface area contributed by atoms with Gasteiger partial charge in [0.15, 0.2) is 10.5 Å². The molecule has 0 radical (unpaired) electrons. The van der Waals surface area contributed by atoms with E-state index in [2.05, 4.69) is 46.9 Å². The number of fused-ring (bicyclic) bond motifs is 1. The minimum absolute atomic E-state index is 0.289. The maximum atomic E-state index is 12.6. The summed E-state index contributed by atoms with van der Waals surface area (Å²) in [5.41, 5.74) is 4.93. The van der Waals surface area contributed by atoms with Crippen molar-refractivity contribution in [2.45, 2.75) is 27.3 Å². The summed E-state index contributed by atoms with van der Waals surface area (Å²) in [4.78, 5) is 17.7. The van der Waals surface area contributed by atoms with E-state index in [1.165, 1.54) is 15.8 Å². The summed E-state index contributed by atoms with van der Waals surface area (Å²) in [5.74, 6) is 0.686. The summed E-state index contributed by atoms with van der Waals surface area (Å²) in [6, 6.07) is 6.12. The molecule has 0 unspecified atom stereocenters. The summed E-state index contributed by atoms with van der Waals surface area (Å²) in [5, 5.41) is 4.25. The summed E-state index contributed by atoms with van der Waals surface area (Å²) in [6.45, 7) is 6.96. The molecule has 0 bridgehead atoms. The monoisotopic (exact) mass is 374 g/mol. The van der Waals surface area contributed by atoms with Crippen LogP contribution in [-0.4, -0.2) is 32.3 Å². The molecule has 25 heavy (non-hydrogen) atoms. The van der Waals surface area contributed by atoms with E-state index in [1.54, 1.807) is 33.8 Å². The van der Waals surface area contributed by atoms with Crippen LogP contribution in [0.2, 0.25) is 0 Å². The first kappa shape index (κ1) is 17.9. The molecule has 5 nitrogen and oxygen atoms in total. The van der Waals surface area contributed by atoms with Crippen molar-refractivity contribution in [2.24, 2.45) is 12.0 Å². The maximum absolute atomic E-state index is 12.6. The number of amides is 1. The highest BCUT2D eigenvalue weighted by Gasteiger charge is 2.13. The van der Waals surface area contributed by atoms with Crippen LogP contribution in [0.15, 0.2) is 23.2 Å². The van der Waals surface area contributed by atoms with Crippen molar-refractivity contribution in [3.63, 3.8) is 0 Å². The molecule has 0 N–H and O–H groups in total. The van der Waals surface area contributed by atoms with E-state index in [4.69, 9.17) is 0 Å². The van der Waals surface area contributed by atoms with E-state index in [9.17, 15) is 4.79 Å². The van der Waals surface area contributed by atoms with Crippen LogP contribution in [0.3, 0.4) is 0 Å². The molecule has 0 atom stereocenters. The molecule has 3 rings (SSSR count). The van der Waals surface area contributed by atoms with Gasteiger partial charge in [0.1, 0.15) is 0 Å². The Balaban J connectivity index is 2.16. The van der Waals surface area contributed by atoms with Gasteiger partial charge in [-0.3, -0.25) is 9.48 Å². The molecule has 7 heteroatoms. The van der Waals surface area contributed by atoms with Crippen molar-refractivity contribution in [3.8, 4) is 0 Å². The Morgan fingerprint density at radius 3 is 2.68 bits per heavy atom. The van der Waals surface area contributed by atoms with E-state index >= 15 is 0 Å². The standard InChI is InChI=1S/C18H22N4OS2/c1-11-8-12(2)16-15(9-11)22(6-7-24-5)18(25-16)19-17(23)14-10-13(3)21(4)20-14/h8-10H,6-7H2,1-5H3. The van der Waals surface area contributed by atoms with Crippen LogP contribution in [0.25, 0.3) is 10.2 Å². The molecular weight excluding hydrogens is 352 g/mol. The highest BCUT2D eigenvalue weighted by atomic mass is 32.2. The van der Waals surface area contributed by atoms with Crippen LogP contribution in [0.1, 0.15) is 27.3 Å². The van der Waals surface area contributed by atoms with Gasteiger partial charge in [0.05, 0.1) is 10.2 Å². The third-order valence-corrected chi connectivity index (χ3v) is 5.98. The van der Waals surface area contributed by atoms with Crippen molar-refractivity contribution >= 4 is 39.2 Å². The molecule has 0 aliphatic carbocycles. The van der Waals surface area contributed by atoms with Crippen LogP contribution in [0, 0.1) is 20.8 Å². The van der Waals surface area contributed by atoms with Gasteiger partial charge in [-0.1, -0.05) is 17.4 Å². The topological polar surface area (TPSA) is 52.2 Å². The summed E-state index contributed by atoms with van der Waals surface area (Å²) in [7, 11) is 1.83. The number of hydrogen-bond donors (Lipinski definition) is 0. The third-order valence-electron chi connectivity index (χ3n) is 4.16. The minimum Gasteiger partial charge on any atom is -0.315 e. The number of hydrogen-bond acceptors (Lipinski definition) is 4. The second kappa shape index (κ2) is 7.17. The molecule has 0 spiro atoms. The minimum atomic E-state index is -0.289. The number of benzene rings is 1. The SMILES string of the molecule is CSCCn1c(=NC(=O)c2cc(C)n(C)n2)sc2c(C)cc(C)cc21. The Morgan fingerprint density at radius 1 is 1.28 bits per heavy atom. The lowest BCUT2D eigenvalue weighted by Crippen LogP contribution is -2.18. The molecule has 0 saturated carbocycles. The van der Waals surface area contributed by atoms with E-state index < -0.39 is 0 Å². The first-order valence-electron chi connectivity index (χ1n) is 8.10. The fourth-order valence-corrected chi connectivity index (χ4v) is 4.28. The zero-order chi connectivity index (χ0) is 18.1. The summed E-state index contributed by atoms with van der Waals surface area (Å²) in [6.07, 6.45) is 2.09. The molecule has 132 valence electrons. The second-order valence-electron chi connectivity index (χ2n) is 6.17. The highest BCUT2D eigenvalue weighted by molar-refractivity contribution is 7.98. The van der Waals surface area contributed by atoms with Crippen molar-refractivity contribution < 1.29 is 4.79 Å². The van der Waals surface area contributed by atoms with Gasteiger partial charge in [0, 0.05) is 25.0 Å². The van der Waals surface area contributed by atoms with Crippen LogP contribution in [0.5, 0.6) is 0 Å². The van der Waals surface area contributed by atoms with Crippen molar-refractivity contribution in [2.75, 3.05) is 12.0 Å². The molecular formula is C18H22N4OS2. The predicted molar refractivity (Wildman–Crippen MR) is 106 cm³/mol. The van der Waals surface area contributed by atoms with Gasteiger partial charge in [-0.15, -0.1) is 0 Å². The molecule has 0 fully saturated rings. The Labute approximate surface area is 155 Å². The lowest BCUT2D eigenvalue weighted by molar-refractivity contribution is 0.0992. The number of thioether (sulfide) groups is 1. The van der Waals surface area contributed by atoms with Crippen molar-refractivity contribution in [3.05, 3.63) is 45.5 Å². The molecule has 0 aliphatic heterocycles. The lowest BCUT2D eigenvalue weighted by Gasteiger charge is -2.05. The Bertz CT molecular complexity index is 991. The Morgan fingerprint density at radius 2 is 2.04 bits per heavy atom. The van der Waals surface area contributed by atoms with Gasteiger partial charge in [-0.25, -0.2) is 0 Å². The number of aromatic nitrogens is 3. The van der Waals surface area contributed by atoms with Crippen molar-refractivity contribution in [1.29, 1.82) is 0 Å². The number of carbonyl (C=O) groups excluding carboxylic acids is 1. The van der Waals surface area contributed by atoms with E-state index in [0.717, 1.165) is 28.3 Å². The number of nitrogens with zero attached hydrogens (tertiary/aromatic N) is 4. The Hall–Kier alpha value is -1.86. The zero-order valence-electron chi connectivity index (χ0n) is 15.2. The molecule has 0 saturated heterocycles. The number of thiazole rings is 1. The van der Waals surface area contributed by atoms with Crippen molar-refractivity contribution in [1.82, 2.24) is 14.3 Å². The average molecular weight is 375 g/mol. The van der Waals surface area contributed by atoms with Gasteiger partial charge in [-0.2, -0.15) is 21.9 Å². The van der Waals surface area contributed by atoms with Crippen LogP contribution in [0.4, 0.5) is 0 Å². The number of carbonyl (C=O) groups is 1. The lowest BCUT2D eigenvalue weighted by atomic mass is 10.1. The number of rotatable bonds is 4. The van der Waals surface area contributed by atoms with Crippen LogP contribution < -0.4 is 4.80 Å². The molecule has 2 heterocycles. The fourth-order valence-electron chi connectivity index (χ4n) is 2.81. The Kier molecular flexibility index (Phi) is 5.15. The first-order chi connectivity index (χ1) is 11.9. The molecule has 1 amide bonds. The van der Waals surface area contributed by atoms with Gasteiger partial charge < -0.3 is 4.57 Å². The highest BCUT2D eigenvalue weighted by Crippen LogP contribution is 2.23. The maximum Gasteiger partial charge on any atom is 0.300 e. The normalized spacial score (nSPS) is 12.3. The molecule has 3 aromatic rings.